The van der Waals surface area contributed by atoms with Crippen molar-refractivity contribution in [3.63, 3.8) is 0 Å². The Bertz CT molecular complexity index is 840. The van der Waals surface area contributed by atoms with E-state index in [9.17, 15) is 4.39 Å². The standard InChI is InChI=1S/C20H24FN5/c1-25-6-8-26(9-7-25)13-15-2-4-17(21)11-18(15)14-3-5-19-16(10-14)12-23-20(22)24-19/h2-5,10-11H,6-9,12-13H2,1H3,(H3,22,23,24). The first-order valence-corrected chi connectivity index (χ1v) is 8.98. The van der Waals surface area contributed by atoms with E-state index in [1.54, 1.807) is 12.1 Å². The van der Waals surface area contributed by atoms with Gasteiger partial charge in [0.05, 0.1) is 6.54 Å². The summed E-state index contributed by atoms with van der Waals surface area (Å²) < 4.78 is 14.0. The Morgan fingerprint density at radius 2 is 1.92 bits per heavy atom. The predicted molar refractivity (Wildman–Crippen MR) is 104 cm³/mol. The summed E-state index contributed by atoms with van der Waals surface area (Å²) in [5, 5.41) is 3.08. The summed E-state index contributed by atoms with van der Waals surface area (Å²) in [5.74, 6) is 0.229. The minimum Gasteiger partial charge on any atom is -0.370 e. The fraction of sp³-hybridized carbons (Fsp3) is 0.350. The predicted octanol–water partition coefficient (Wildman–Crippen LogP) is 2.48. The van der Waals surface area contributed by atoms with Crippen molar-refractivity contribution < 1.29 is 4.39 Å². The molecule has 3 N–H and O–H groups in total. The minimum absolute atomic E-state index is 0.208. The molecular formula is C20H24FN5. The number of halogens is 1. The Morgan fingerprint density at radius 1 is 1.12 bits per heavy atom. The molecule has 4 rings (SSSR count). The normalized spacial score (nSPS) is 18.2. The lowest BCUT2D eigenvalue weighted by Gasteiger charge is -2.32. The highest BCUT2D eigenvalue weighted by atomic mass is 19.1. The molecule has 2 heterocycles. The summed E-state index contributed by atoms with van der Waals surface area (Å²) in [4.78, 5) is 9.01. The number of benzene rings is 2. The second-order valence-corrected chi connectivity index (χ2v) is 7.08. The van der Waals surface area contributed by atoms with Crippen molar-refractivity contribution in [1.82, 2.24) is 9.80 Å². The zero-order valence-electron chi connectivity index (χ0n) is 15.0. The van der Waals surface area contributed by atoms with Crippen molar-refractivity contribution in [2.24, 2.45) is 10.7 Å². The van der Waals surface area contributed by atoms with E-state index >= 15 is 0 Å². The zero-order valence-corrected chi connectivity index (χ0v) is 15.0. The van der Waals surface area contributed by atoms with Gasteiger partial charge in [0.1, 0.15) is 5.82 Å². The molecule has 6 heteroatoms. The number of nitrogens with zero attached hydrogens (tertiary/aromatic N) is 3. The molecule has 26 heavy (non-hydrogen) atoms. The third kappa shape index (κ3) is 3.57. The van der Waals surface area contributed by atoms with Gasteiger partial charge in [0.15, 0.2) is 5.96 Å². The van der Waals surface area contributed by atoms with E-state index in [4.69, 9.17) is 5.73 Å². The van der Waals surface area contributed by atoms with Gasteiger partial charge in [-0.2, -0.15) is 0 Å². The topological polar surface area (TPSA) is 56.9 Å². The summed E-state index contributed by atoms with van der Waals surface area (Å²) in [6.07, 6.45) is 0. The van der Waals surface area contributed by atoms with E-state index in [-0.39, 0.29) is 5.82 Å². The highest BCUT2D eigenvalue weighted by molar-refractivity contribution is 5.95. The van der Waals surface area contributed by atoms with Gasteiger partial charge in [-0.3, -0.25) is 4.90 Å². The number of hydrogen-bond donors (Lipinski definition) is 2. The van der Waals surface area contributed by atoms with Crippen LogP contribution >= 0.6 is 0 Å². The van der Waals surface area contributed by atoms with Gasteiger partial charge in [-0.1, -0.05) is 12.1 Å². The van der Waals surface area contributed by atoms with Gasteiger partial charge in [0, 0.05) is 38.4 Å². The smallest absolute Gasteiger partial charge is 0.193 e. The van der Waals surface area contributed by atoms with Gasteiger partial charge in [-0.15, -0.1) is 0 Å². The molecule has 2 aliphatic heterocycles. The quantitative estimate of drug-likeness (QED) is 0.890. The molecule has 1 fully saturated rings. The molecule has 2 aliphatic rings. The molecule has 2 aromatic carbocycles. The summed E-state index contributed by atoms with van der Waals surface area (Å²) in [5.41, 5.74) is 10.9. The van der Waals surface area contributed by atoms with Crippen LogP contribution in [0, 0.1) is 5.82 Å². The molecule has 136 valence electrons. The second-order valence-electron chi connectivity index (χ2n) is 7.08. The Morgan fingerprint density at radius 3 is 2.73 bits per heavy atom. The maximum Gasteiger partial charge on any atom is 0.193 e. The summed E-state index contributed by atoms with van der Waals surface area (Å²) in [7, 11) is 2.15. The minimum atomic E-state index is -0.208. The Balaban J connectivity index is 1.63. The van der Waals surface area contributed by atoms with Crippen LogP contribution in [0.2, 0.25) is 0 Å². The van der Waals surface area contributed by atoms with Crippen molar-refractivity contribution in [1.29, 1.82) is 0 Å². The molecule has 0 saturated carbocycles. The fourth-order valence-corrected chi connectivity index (χ4v) is 3.56. The first kappa shape index (κ1) is 17.0. The molecule has 0 amide bonds. The lowest BCUT2D eigenvalue weighted by molar-refractivity contribution is 0.148. The van der Waals surface area contributed by atoms with Crippen LogP contribution in [0.5, 0.6) is 0 Å². The number of rotatable bonds is 3. The monoisotopic (exact) mass is 353 g/mol. The molecule has 0 radical (unpaired) electrons. The summed E-state index contributed by atoms with van der Waals surface area (Å²) in [6.45, 7) is 5.60. The zero-order chi connectivity index (χ0) is 18.1. The molecular weight excluding hydrogens is 329 g/mol. The number of nitrogens with two attached hydrogens (primary N) is 1. The number of likely N-dealkylation sites (N-methyl/N-ethyl adjacent to an activating group) is 1. The van der Waals surface area contributed by atoms with Crippen molar-refractivity contribution in [2.45, 2.75) is 13.1 Å². The Labute approximate surface area is 153 Å². The van der Waals surface area contributed by atoms with Crippen molar-refractivity contribution in [3.8, 4) is 11.1 Å². The van der Waals surface area contributed by atoms with Crippen LogP contribution in [0.1, 0.15) is 11.1 Å². The number of guanidine groups is 1. The Kier molecular flexibility index (Phi) is 4.61. The molecule has 0 aliphatic carbocycles. The SMILES string of the molecule is CN1CCN(Cc2ccc(F)cc2-c2ccc3c(c2)CN=C(N)N3)CC1. The number of fused-ring (bicyclic) bond motifs is 1. The maximum absolute atomic E-state index is 14.0. The Hall–Kier alpha value is -2.44. The van der Waals surface area contributed by atoms with E-state index in [0.29, 0.717) is 12.5 Å². The van der Waals surface area contributed by atoms with E-state index in [1.807, 2.05) is 18.2 Å². The van der Waals surface area contributed by atoms with Crippen LogP contribution in [0.3, 0.4) is 0 Å². The lowest BCUT2D eigenvalue weighted by atomic mass is 9.96. The average Bonchev–Trinajstić information content (AvgIpc) is 2.64. The number of piperazine rings is 1. The average molecular weight is 353 g/mol. The van der Waals surface area contributed by atoms with E-state index in [0.717, 1.165) is 60.7 Å². The molecule has 0 spiro atoms. The van der Waals surface area contributed by atoms with Crippen LogP contribution < -0.4 is 11.1 Å². The largest absolute Gasteiger partial charge is 0.370 e. The molecule has 0 aromatic heterocycles. The third-order valence-corrected chi connectivity index (χ3v) is 5.16. The van der Waals surface area contributed by atoms with Gasteiger partial charge in [0.25, 0.3) is 0 Å². The van der Waals surface area contributed by atoms with Crippen molar-refractivity contribution in [2.75, 3.05) is 38.5 Å². The van der Waals surface area contributed by atoms with E-state index in [1.165, 1.54) is 0 Å². The lowest BCUT2D eigenvalue weighted by Crippen LogP contribution is -2.43. The number of anilines is 1. The van der Waals surface area contributed by atoms with Gasteiger partial charge < -0.3 is 16.0 Å². The van der Waals surface area contributed by atoms with Gasteiger partial charge in [-0.25, -0.2) is 9.38 Å². The van der Waals surface area contributed by atoms with Crippen LogP contribution in [-0.4, -0.2) is 49.0 Å². The fourth-order valence-electron chi connectivity index (χ4n) is 3.56. The van der Waals surface area contributed by atoms with Gasteiger partial charge >= 0.3 is 0 Å². The highest BCUT2D eigenvalue weighted by Crippen LogP contribution is 2.31. The number of nitrogens with one attached hydrogen (secondary N) is 1. The molecule has 5 nitrogen and oxygen atoms in total. The number of aliphatic imine (C=N–C) groups is 1. The van der Waals surface area contributed by atoms with Crippen LogP contribution in [0.15, 0.2) is 41.4 Å². The molecule has 0 unspecified atom stereocenters. The molecule has 2 aromatic rings. The first-order chi connectivity index (χ1) is 12.6. The first-order valence-electron chi connectivity index (χ1n) is 8.98. The van der Waals surface area contributed by atoms with Crippen LogP contribution in [-0.2, 0) is 13.1 Å². The number of hydrogen-bond acceptors (Lipinski definition) is 5. The molecule has 0 bridgehead atoms. The van der Waals surface area contributed by atoms with Crippen LogP contribution in [0.25, 0.3) is 11.1 Å². The van der Waals surface area contributed by atoms with E-state index in [2.05, 4.69) is 33.2 Å². The summed E-state index contributed by atoms with van der Waals surface area (Å²) >= 11 is 0. The van der Waals surface area contributed by atoms with Crippen LogP contribution in [0.4, 0.5) is 10.1 Å². The van der Waals surface area contributed by atoms with Gasteiger partial charge in [0.2, 0.25) is 0 Å². The highest BCUT2D eigenvalue weighted by Gasteiger charge is 2.17. The van der Waals surface area contributed by atoms with Crippen molar-refractivity contribution in [3.05, 3.63) is 53.3 Å². The molecule has 1 saturated heterocycles. The molecule has 0 atom stereocenters. The third-order valence-electron chi connectivity index (χ3n) is 5.16. The van der Waals surface area contributed by atoms with E-state index < -0.39 is 0 Å². The summed E-state index contributed by atoms with van der Waals surface area (Å²) in [6, 6.07) is 11.2. The van der Waals surface area contributed by atoms with Gasteiger partial charge in [-0.05, 0) is 53.6 Å². The second kappa shape index (κ2) is 7.05. The maximum atomic E-state index is 14.0. The van der Waals surface area contributed by atoms with Crippen molar-refractivity contribution >= 4 is 11.6 Å².